The molecule has 0 spiro atoms. The van der Waals surface area contributed by atoms with Gasteiger partial charge in [-0.05, 0) is 31.5 Å². The fraction of sp³-hybridized carbons (Fsp3) is 0.389. The Kier molecular flexibility index (Phi) is 5.03. The van der Waals surface area contributed by atoms with Gasteiger partial charge >= 0.3 is 0 Å². The van der Waals surface area contributed by atoms with Crippen LogP contribution in [0.5, 0.6) is 5.75 Å². The number of hydrogen-bond acceptors (Lipinski definition) is 5. The van der Waals surface area contributed by atoms with E-state index in [4.69, 9.17) is 4.74 Å². The molecule has 1 fully saturated rings. The molecule has 1 aliphatic rings. The Balaban J connectivity index is 1.67. The minimum absolute atomic E-state index is 0.0610. The Morgan fingerprint density at radius 2 is 2.24 bits per heavy atom. The maximum atomic E-state index is 12.4. The molecule has 132 valence electrons. The monoisotopic (exact) mass is 359 g/mol. The van der Waals surface area contributed by atoms with E-state index < -0.39 is 0 Å². The van der Waals surface area contributed by atoms with Crippen molar-refractivity contribution in [2.45, 2.75) is 26.8 Å². The average molecular weight is 359 g/mol. The number of carbonyl (C=O) groups excluding carboxylic acids is 2. The number of methoxy groups -OCH3 is 1. The molecular formula is C18H21N3O3S. The summed E-state index contributed by atoms with van der Waals surface area (Å²) in [6.45, 7) is 4.64. The maximum absolute atomic E-state index is 12.4. The van der Waals surface area contributed by atoms with Crippen LogP contribution in [-0.4, -0.2) is 30.5 Å². The molecule has 0 radical (unpaired) electrons. The number of amides is 2. The quantitative estimate of drug-likeness (QED) is 0.890. The van der Waals surface area contributed by atoms with E-state index in [-0.39, 0.29) is 24.2 Å². The van der Waals surface area contributed by atoms with Crippen LogP contribution in [0, 0.1) is 19.8 Å². The molecule has 1 N–H and O–H groups in total. The van der Waals surface area contributed by atoms with Crippen molar-refractivity contribution in [3.8, 4) is 5.75 Å². The highest BCUT2D eigenvalue weighted by atomic mass is 32.1. The summed E-state index contributed by atoms with van der Waals surface area (Å²) in [6.07, 6.45) is 0.208. The summed E-state index contributed by atoms with van der Waals surface area (Å²) in [6, 6.07) is 5.69. The third-order valence-corrected chi connectivity index (χ3v) is 5.17. The number of nitrogens with zero attached hydrogens (tertiary/aromatic N) is 2. The van der Waals surface area contributed by atoms with Crippen molar-refractivity contribution < 1.29 is 14.3 Å². The van der Waals surface area contributed by atoms with Crippen LogP contribution in [0.15, 0.2) is 23.6 Å². The smallest absolute Gasteiger partial charge is 0.227 e. The molecule has 2 amide bonds. The Bertz CT molecular complexity index is 803. The fourth-order valence-corrected chi connectivity index (χ4v) is 3.63. The highest BCUT2D eigenvalue weighted by molar-refractivity contribution is 7.09. The molecule has 1 atom stereocenters. The summed E-state index contributed by atoms with van der Waals surface area (Å²) in [4.78, 5) is 30.8. The van der Waals surface area contributed by atoms with Crippen molar-refractivity contribution >= 4 is 28.8 Å². The molecule has 25 heavy (non-hydrogen) atoms. The van der Waals surface area contributed by atoms with Gasteiger partial charge < -0.3 is 15.0 Å². The van der Waals surface area contributed by atoms with Crippen LogP contribution in [0.25, 0.3) is 0 Å². The SMILES string of the molecule is COc1ccc(C)cc1N1CC(C(=O)NCc2nc(C)cs2)CC1=O. The summed E-state index contributed by atoms with van der Waals surface area (Å²) in [5.74, 6) is 0.0986. The zero-order valence-electron chi connectivity index (χ0n) is 14.5. The van der Waals surface area contributed by atoms with Gasteiger partial charge in [0.2, 0.25) is 11.8 Å². The first-order valence-corrected chi connectivity index (χ1v) is 8.99. The van der Waals surface area contributed by atoms with Crippen LogP contribution in [-0.2, 0) is 16.1 Å². The lowest BCUT2D eigenvalue weighted by molar-refractivity contribution is -0.126. The lowest BCUT2D eigenvalue weighted by Crippen LogP contribution is -2.32. The van der Waals surface area contributed by atoms with Gasteiger partial charge in [0.15, 0.2) is 0 Å². The highest BCUT2D eigenvalue weighted by Crippen LogP contribution is 2.33. The summed E-state index contributed by atoms with van der Waals surface area (Å²) < 4.78 is 5.36. The Labute approximate surface area is 150 Å². The number of ether oxygens (including phenoxy) is 1. The van der Waals surface area contributed by atoms with Crippen molar-refractivity contribution in [3.05, 3.63) is 39.8 Å². The normalized spacial score (nSPS) is 17.0. The fourth-order valence-electron chi connectivity index (χ4n) is 2.92. The van der Waals surface area contributed by atoms with E-state index in [9.17, 15) is 9.59 Å². The van der Waals surface area contributed by atoms with Crippen LogP contribution < -0.4 is 15.0 Å². The van der Waals surface area contributed by atoms with Gasteiger partial charge in [-0.1, -0.05) is 6.07 Å². The third kappa shape index (κ3) is 3.82. The van der Waals surface area contributed by atoms with Gasteiger partial charge in [0.1, 0.15) is 10.8 Å². The van der Waals surface area contributed by atoms with Gasteiger partial charge in [0.25, 0.3) is 0 Å². The number of benzene rings is 1. The predicted octanol–water partition coefficient (Wildman–Crippen LogP) is 2.44. The van der Waals surface area contributed by atoms with E-state index in [1.807, 2.05) is 37.4 Å². The number of carbonyl (C=O) groups is 2. The second-order valence-electron chi connectivity index (χ2n) is 6.18. The Morgan fingerprint density at radius 1 is 1.44 bits per heavy atom. The lowest BCUT2D eigenvalue weighted by atomic mass is 10.1. The summed E-state index contributed by atoms with van der Waals surface area (Å²) in [7, 11) is 1.58. The molecule has 0 saturated carbocycles. The van der Waals surface area contributed by atoms with E-state index >= 15 is 0 Å². The first-order valence-electron chi connectivity index (χ1n) is 8.11. The van der Waals surface area contributed by atoms with Gasteiger partial charge in [-0.15, -0.1) is 11.3 Å². The Hall–Kier alpha value is -2.41. The van der Waals surface area contributed by atoms with E-state index in [1.54, 1.807) is 12.0 Å². The van der Waals surface area contributed by atoms with Gasteiger partial charge in [0.05, 0.1) is 25.3 Å². The molecule has 0 bridgehead atoms. The van der Waals surface area contributed by atoms with Crippen LogP contribution in [0.4, 0.5) is 5.69 Å². The number of nitrogens with one attached hydrogen (secondary N) is 1. The zero-order valence-corrected chi connectivity index (χ0v) is 15.4. The van der Waals surface area contributed by atoms with Gasteiger partial charge in [-0.25, -0.2) is 4.98 Å². The molecule has 1 aliphatic heterocycles. The summed E-state index contributed by atoms with van der Waals surface area (Å²) in [5.41, 5.74) is 2.71. The molecule has 2 heterocycles. The van der Waals surface area contributed by atoms with Crippen molar-refractivity contribution in [2.75, 3.05) is 18.6 Å². The van der Waals surface area contributed by atoms with Crippen LogP contribution in [0.2, 0.25) is 0 Å². The summed E-state index contributed by atoms with van der Waals surface area (Å²) >= 11 is 1.52. The first-order chi connectivity index (χ1) is 12.0. The number of aromatic nitrogens is 1. The average Bonchev–Trinajstić information content (AvgIpc) is 3.18. The highest BCUT2D eigenvalue weighted by Gasteiger charge is 2.36. The number of rotatable bonds is 5. The van der Waals surface area contributed by atoms with Crippen LogP contribution in [0.3, 0.4) is 0 Å². The van der Waals surface area contributed by atoms with Crippen molar-refractivity contribution in [1.82, 2.24) is 10.3 Å². The minimum atomic E-state index is -0.362. The van der Waals surface area contributed by atoms with Crippen molar-refractivity contribution in [3.63, 3.8) is 0 Å². The van der Waals surface area contributed by atoms with E-state index in [1.165, 1.54) is 11.3 Å². The predicted molar refractivity (Wildman–Crippen MR) is 96.9 cm³/mol. The van der Waals surface area contributed by atoms with E-state index in [0.717, 1.165) is 22.0 Å². The van der Waals surface area contributed by atoms with E-state index in [0.29, 0.717) is 18.8 Å². The molecule has 6 nitrogen and oxygen atoms in total. The maximum Gasteiger partial charge on any atom is 0.227 e. The standard InChI is InChI=1S/C18H21N3O3S/c1-11-4-5-15(24-3)14(6-11)21-9-13(7-17(21)22)18(23)19-8-16-20-12(2)10-25-16/h4-6,10,13H,7-9H2,1-3H3,(H,19,23). The molecule has 1 unspecified atom stereocenters. The molecule has 1 saturated heterocycles. The summed E-state index contributed by atoms with van der Waals surface area (Å²) in [5, 5.41) is 5.70. The Morgan fingerprint density at radius 3 is 2.92 bits per heavy atom. The molecule has 1 aromatic carbocycles. The number of hydrogen-bond donors (Lipinski definition) is 1. The van der Waals surface area contributed by atoms with Gasteiger partial charge in [-0.2, -0.15) is 0 Å². The van der Waals surface area contributed by atoms with E-state index in [2.05, 4.69) is 10.3 Å². The third-order valence-electron chi connectivity index (χ3n) is 4.20. The molecule has 0 aliphatic carbocycles. The van der Waals surface area contributed by atoms with Gasteiger partial charge in [-0.3, -0.25) is 9.59 Å². The topological polar surface area (TPSA) is 71.5 Å². The molecule has 2 aromatic rings. The largest absolute Gasteiger partial charge is 0.495 e. The molecule has 1 aromatic heterocycles. The second kappa shape index (κ2) is 7.23. The van der Waals surface area contributed by atoms with Crippen molar-refractivity contribution in [1.29, 1.82) is 0 Å². The van der Waals surface area contributed by atoms with Crippen LogP contribution >= 0.6 is 11.3 Å². The molecule has 7 heteroatoms. The second-order valence-corrected chi connectivity index (χ2v) is 7.12. The van der Waals surface area contributed by atoms with Crippen molar-refractivity contribution in [2.24, 2.45) is 5.92 Å². The van der Waals surface area contributed by atoms with Crippen LogP contribution in [0.1, 0.15) is 22.7 Å². The molecule has 3 rings (SSSR count). The number of anilines is 1. The number of thiazole rings is 1. The first kappa shape index (κ1) is 17.4. The lowest BCUT2D eigenvalue weighted by Gasteiger charge is -2.20. The number of aryl methyl sites for hydroxylation is 2. The zero-order chi connectivity index (χ0) is 18.0. The van der Waals surface area contributed by atoms with Gasteiger partial charge in [0, 0.05) is 24.0 Å². The molecular weight excluding hydrogens is 338 g/mol. The minimum Gasteiger partial charge on any atom is -0.495 e.